The van der Waals surface area contributed by atoms with Crippen molar-refractivity contribution < 1.29 is 15.0 Å². The lowest BCUT2D eigenvalue weighted by atomic mass is 9.46. The summed E-state index contributed by atoms with van der Waals surface area (Å²) in [5.74, 6) is 3.29. The fourth-order valence-corrected chi connectivity index (χ4v) is 9.44. The van der Waals surface area contributed by atoms with Gasteiger partial charge in [0.2, 0.25) is 0 Å². The highest BCUT2D eigenvalue weighted by Crippen LogP contribution is 2.67. The molecule has 3 fully saturated rings. The molecular weight excluding hydrogens is 408 g/mol. The third kappa shape index (κ3) is 3.98. The fraction of sp³-hybridized carbons (Fsp3) is 0.900. The molecule has 3 nitrogen and oxygen atoms in total. The van der Waals surface area contributed by atoms with Crippen molar-refractivity contribution in [2.24, 2.45) is 58.2 Å². The second-order valence-corrected chi connectivity index (χ2v) is 13.4. The van der Waals surface area contributed by atoms with Crippen molar-refractivity contribution >= 4 is 5.78 Å². The van der Waals surface area contributed by atoms with Crippen LogP contribution in [0.3, 0.4) is 0 Å². The predicted octanol–water partition coefficient (Wildman–Crippen LogP) is 6.42. The van der Waals surface area contributed by atoms with Gasteiger partial charge < -0.3 is 10.2 Å². The largest absolute Gasteiger partial charge is 0.393 e. The maximum absolute atomic E-state index is 13.5. The smallest absolute Gasteiger partial charge is 0.159 e. The van der Waals surface area contributed by atoms with Crippen molar-refractivity contribution in [1.29, 1.82) is 0 Å². The van der Waals surface area contributed by atoms with Gasteiger partial charge in [0.1, 0.15) is 0 Å². The van der Waals surface area contributed by atoms with E-state index in [1.807, 2.05) is 6.08 Å². The van der Waals surface area contributed by atoms with E-state index < -0.39 is 0 Å². The summed E-state index contributed by atoms with van der Waals surface area (Å²) in [6.45, 7) is 16.0. The number of hydrogen-bond acceptors (Lipinski definition) is 3. The number of hydrogen-bond donors (Lipinski definition) is 2. The van der Waals surface area contributed by atoms with Gasteiger partial charge in [-0.2, -0.15) is 0 Å². The Morgan fingerprint density at radius 2 is 1.67 bits per heavy atom. The number of rotatable bonds is 6. The quantitative estimate of drug-likeness (QED) is 0.483. The van der Waals surface area contributed by atoms with Crippen LogP contribution in [0, 0.1) is 58.2 Å². The molecule has 188 valence electrons. The van der Waals surface area contributed by atoms with Gasteiger partial charge in [-0.05, 0) is 103 Å². The number of aliphatic hydroxyl groups excluding tert-OH is 2. The first-order valence-corrected chi connectivity index (χ1v) is 14.1. The summed E-state index contributed by atoms with van der Waals surface area (Å²) in [6, 6.07) is 0. The van der Waals surface area contributed by atoms with Crippen LogP contribution < -0.4 is 0 Å². The van der Waals surface area contributed by atoms with Crippen LogP contribution in [-0.2, 0) is 4.79 Å². The molecule has 0 spiro atoms. The van der Waals surface area contributed by atoms with Gasteiger partial charge in [0, 0.05) is 5.92 Å². The molecule has 0 aromatic heterocycles. The van der Waals surface area contributed by atoms with Crippen LogP contribution in [0.25, 0.3) is 0 Å². The molecule has 0 aromatic rings. The summed E-state index contributed by atoms with van der Waals surface area (Å²) in [6.07, 6.45) is 10.0. The summed E-state index contributed by atoms with van der Waals surface area (Å²) in [5.41, 5.74) is 1.62. The molecule has 0 radical (unpaired) electrons. The molecule has 0 amide bonds. The lowest BCUT2D eigenvalue weighted by molar-refractivity contribution is -0.139. The van der Waals surface area contributed by atoms with Crippen molar-refractivity contribution in [3.05, 3.63) is 11.6 Å². The molecule has 33 heavy (non-hydrogen) atoms. The van der Waals surface area contributed by atoms with Crippen LogP contribution in [0.2, 0.25) is 0 Å². The number of carbonyl (C=O) groups excluding carboxylic acids is 1. The molecule has 0 saturated heterocycles. The van der Waals surface area contributed by atoms with Gasteiger partial charge >= 0.3 is 0 Å². The molecule has 3 heteroatoms. The van der Waals surface area contributed by atoms with Gasteiger partial charge in [0.25, 0.3) is 0 Å². The standard InChI is InChI=1S/C30H50O3/c1-8-20(17(2)3)15-26(32)18(4)22-9-10-23-21-16-27(33)28-19(5)25(31)12-14-30(28,7)24(21)11-13-29(22,23)6/h16-20,22-26,28,31-32H,8-15H2,1-7H3/t18-,19+,20+,22+,23-,24-,25-,26+,28+,29+,30+/m0/s1. The maximum atomic E-state index is 13.5. The van der Waals surface area contributed by atoms with Gasteiger partial charge in [-0.3, -0.25) is 4.79 Å². The van der Waals surface area contributed by atoms with Crippen molar-refractivity contribution in [1.82, 2.24) is 0 Å². The molecule has 4 rings (SSSR count). The van der Waals surface area contributed by atoms with Crippen LogP contribution >= 0.6 is 0 Å². The van der Waals surface area contributed by atoms with Crippen LogP contribution in [0.4, 0.5) is 0 Å². The van der Waals surface area contributed by atoms with E-state index in [-0.39, 0.29) is 40.7 Å². The van der Waals surface area contributed by atoms with Gasteiger partial charge in [0.05, 0.1) is 12.2 Å². The molecule has 0 unspecified atom stereocenters. The summed E-state index contributed by atoms with van der Waals surface area (Å²) >= 11 is 0. The van der Waals surface area contributed by atoms with Crippen molar-refractivity contribution in [3.8, 4) is 0 Å². The first-order valence-electron chi connectivity index (χ1n) is 14.1. The second-order valence-electron chi connectivity index (χ2n) is 13.4. The molecule has 4 aliphatic carbocycles. The number of aliphatic hydroxyl groups is 2. The molecule has 0 bridgehead atoms. The molecule has 4 aliphatic rings. The van der Waals surface area contributed by atoms with E-state index in [1.165, 1.54) is 18.4 Å². The summed E-state index contributed by atoms with van der Waals surface area (Å²) in [7, 11) is 0. The van der Waals surface area contributed by atoms with Gasteiger partial charge in [-0.25, -0.2) is 0 Å². The highest BCUT2D eigenvalue weighted by molar-refractivity contribution is 5.94. The van der Waals surface area contributed by atoms with Crippen molar-refractivity contribution in [2.75, 3.05) is 0 Å². The van der Waals surface area contributed by atoms with E-state index in [0.717, 1.165) is 38.5 Å². The first kappa shape index (κ1) is 25.4. The summed E-state index contributed by atoms with van der Waals surface area (Å²) < 4.78 is 0. The molecule has 2 N–H and O–H groups in total. The lowest BCUT2D eigenvalue weighted by Crippen LogP contribution is -2.55. The van der Waals surface area contributed by atoms with Gasteiger partial charge in [-0.1, -0.05) is 60.5 Å². The highest BCUT2D eigenvalue weighted by Gasteiger charge is 2.61. The fourth-order valence-electron chi connectivity index (χ4n) is 9.44. The first-order chi connectivity index (χ1) is 15.5. The minimum absolute atomic E-state index is 0.00400. The number of ketones is 1. The highest BCUT2D eigenvalue weighted by atomic mass is 16.3. The van der Waals surface area contributed by atoms with Crippen LogP contribution in [0.5, 0.6) is 0 Å². The summed E-state index contributed by atoms with van der Waals surface area (Å²) in [4.78, 5) is 13.5. The number of carbonyl (C=O) groups is 1. The molecule has 0 aromatic carbocycles. The molecule has 11 atom stereocenters. The minimum Gasteiger partial charge on any atom is -0.393 e. The molecule has 0 heterocycles. The van der Waals surface area contributed by atoms with Crippen molar-refractivity contribution in [2.45, 2.75) is 112 Å². The average Bonchev–Trinajstić information content (AvgIpc) is 3.11. The third-order valence-electron chi connectivity index (χ3n) is 11.7. The van der Waals surface area contributed by atoms with Crippen molar-refractivity contribution in [3.63, 3.8) is 0 Å². The Hall–Kier alpha value is -0.670. The minimum atomic E-state index is -0.341. The van der Waals surface area contributed by atoms with E-state index in [9.17, 15) is 15.0 Å². The van der Waals surface area contributed by atoms with E-state index in [0.29, 0.717) is 35.5 Å². The zero-order valence-corrected chi connectivity index (χ0v) is 22.3. The molecule has 3 saturated carbocycles. The Balaban J connectivity index is 1.58. The zero-order valence-electron chi connectivity index (χ0n) is 22.3. The van der Waals surface area contributed by atoms with Crippen LogP contribution in [-0.4, -0.2) is 28.2 Å². The Bertz CT molecular complexity index is 771. The SMILES string of the molecule is CC[C@H](C[C@@H](O)[C@@H](C)[C@H]1CC[C@H]2C3=CC(=O)[C@H]4[C@H](C)[C@@H](O)CC[C@]4(C)[C@H]3CC[C@]12C)C(C)C. The van der Waals surface area contributed by atoms with Crippen LogP contribution in [0.15, 0.2) is 11.6 Å². The maximum Gasteiger partial charge on any atom is 0.159 e. The second kappa shape index (κ2) is 9.08. The third-order valence-corrected chi connectivity index (χ3v) is 11.7. The topological polar surface area (TPSA) is 57.5 Å². The van der Waals surface area contributed by atoms with E-state index in [4.69, 9.17) is 0 Å². The van der Waals surface area contributed by atoms with E-state index >= 15 is 0 Å². The molecular formula is C30H50O3. The summed E-state index contributed by atoms with van der Waals surface area (Å²) in [5, 5.41) is 21.8. The Morgan fingerprint density at radius 1 is 1.03 bits per heavy atom. The van der Waals surface area contributed by atoms with Crippen LogP contribution in [0.1, 0.15) is 99.8 Å². The Morgan fingerprint density at radius 3 is 2.30 bits per heavy atom. The van der Waals surface area contributed by atoms with E-state index in [1.54, 1.807) is 0 Å². The van der Waals surface area contributed by atoms with Gasteiger partial charge in [0.15, 0.2) is 5.78 Å². The monoisotopic (exact) mass is 458 g/mol. The lowest BCUT2D eigenvalue weighted by Gasteiger charge is -2.58. The average molecular weight is 459 g/mol. The number of fused-ring (bicyclic) bond motifs is 5. The normalized spacial score (nSPS) is 45.6. The van der Waals surface area contributed by atoms with Gasteiger partial charge in [-0.15, -0.1) is 0 Å². The Labute approximate surface area is 202 Å². The Kier molecular flexibility index (Phi) is 7.00. The van der Waals surface area contributed by atoms with E-state index in [2.05, 4.69) is 48.5 Å². The predicted molar refractivity (Wildman–Crippen MR) is 135 cm³/mol. The molecule has 0 aliphatic heterocycles. The zero-order chi connectivity index (χ0) is 24.3. The number of allylic oxidation sites excluding steroid dienone is 2.